The average molecular weight is 387 g/mol. The molecule has 3 rings (SSSR count). The van der Waals surface area contributed by atoms with Gasteiger partial charge >= 0.3 is 0 Å². The van der Waals surface area contributed by atoms with Crippen molar-refractivity contribution in [3.05, 3.63) is 65.7 Å². The smallest absolute Gasteiger partial charge is 0.253 e. The number of likely N-dealkylation sites (tertiary alicyclic amines) is 1. The highest BCUT2D eigenvalue weighted by atomic mass is 32.2. The summed E-state index contributed by atoms with van der Waals surface area (Å²) in [7, 11) is -3.44. The van der Waals surface area contributed by atoms with E-state index < -0.39 is 10.0 Å². The average Bonchev–Trinajstić information content (AvgIpc) is 2.95. The lowest BCUT2D eigenvalue weighted by Crippen LogP contribution is -2.32. The maximum Gasteiger partial charge on any atom is 0.253 e. The first kappa shape index (κ1) is 19.4. The first-order valence-corrected chi connectivity index (χ1v) is 11.2. The molecule has 0 unspecified atom stereocenters. The van der Waals surface area contributed by atoms with Crippen LogP contribution < -0.4 is 4.31 Å². The molecule has 0 bridgehead atoms. The summed E-state index contributed by atoms with van der Waals surface area (Å²) < 4.78 is 25.9. The summed E-state index contributed by atoms with van der Waals surface area (Å²) in [6.45, 7) is 1.85. The van der Waals surface area contributed by atoms with Crippen molar-refractivity contribution in [1.29, 1.82) is 0 Å². The van der Waals surface area contributed by atoms with Gasteiger partial charge in [-0.1, -0.05) is 43.2 Å². The fourth-order valence-corrected chi connectivity index (χ4v) is 4.26. The molecule has 0 atom stereocenters. The summed E-state index contributed by atoms with van der Waals surface area (Å²) in [6.07, 6.45) is 5.63. The van der Waals surface area contributed by atoms with Crippen molar-refractivity contribution in [1.82, 2.24) is 4.90 Å². The quantitative estimate of drug-likeness (QED) is 0.788. The molecule has 1 aliphatic heterocycles. The van der Waals surface area contributed by atoms with Gasteiger partial charge in [0.15, 0.2) is 0 Å². The third-order valence-corrected chi connectivity index (χ3v) is 6.01. The molecular formula is C21H26N2O3S. The van der Waals surface area contributed by atoms with Gasteiger partial charge in [-0.2, -0.15) is 0 Å². The molecule has 0 aromatic heterocycles. The van der Waals surface area contributed by atoms with E-state index in [0.717, 1.165) is 31.5 Å². The molecule has 6 heteroatoms. The van der Waals surface area contributed by atoms with Crippen LogP contribution in [-0.4, -0.2) is 38.6 Å². The zero-order chi connectivity index (χ0) is 19.3. The van der Waals surface area contributed by atoms with Gasteiger partial charge in [-0.3, -0.25) is 9.10 Å². The Balaban J connectivity index is 1.79. The summed E-state index contributed by atoms with van der Waals surface area (Å²) >= 11 is 0. The molecule has 1 heterocycles. The Labute approximate surface area is 161 Å². The predicted molar refractivity (Wildman–Crippen MR) is 108 cm³/mol. The molecule has 0 radical (unpaired) electrons. The molecule has 5 nitrogen and oxygen atoms in total. The number of anilines is 1. The van der Waals surface area contributed by atoms with Gasteiger partial charge in [-0.05, 0) is 42.7 Å². The van der Waals surface area contributed by atoms with Crippen molar-refractivity contribution in [2.45, 2.75) is 32.2 Å². The fraction of sp³-hybridized carbons (Fsp3) is 0.381. The summed E-state index contributed by atoms with van der Waals surface area (Å²) in [5.74, 6) is 0.0254. The van der Waals surface area contributed by atoms with Crippen molar-refractivity contribution in [3.63, 3.8) is 0 Å². The van der Waals surface area contributed by atoms with E-state index in [1.807, 2.05) is 35.2 Å². The molecular weight excluding hydrogens is 360 g/mol. The van der Waals surface area contributed by atoms with Gasteiger partial charge in [0, 0.05) is 18.7 Å². The lowest BCUT2D eigenvalue weighted by molar-refractivity contribution is 0.0761. The number of carbonyl (C=O) groups is 1. The zero-order valence-electron chi connectivity index (χ0n) is 15.7. The van der Waals surface area contributed by atoms with E-state index >= 15 is 0 Å². The van der Waals surface area contributed by atoms with E-state index in [4.69, 9.17) is 0 Å². The second-order valence-corrected chi connectivity index (χ2v) is 8.92. The SMILES string of the molecule is CS(=O)(=O)N(Cc1ccccc1)c1ccc(C(=O)N2CCCCCC2)cc1. The number of hydrogen-bond donors (Lipinski definition) is 0. The van der Waals surface area contributed by atoms with Gasteiger partial charge in [-0.15, -0.1) is 0 Å². The molecule has 0 aliphatic carbocycles. The standard InChI is InChI=1S/C21H26N2O3S/c1-27(25,26)23(17-18-9-5-4-6-10-18)20-13-11-19(12-14-20)21(24)22-15-7-2-3-8-16-22/h4-6,9-14H,2-3,7-8,15-17H2,1H3. The minimum atomic E-state index is -3.44. The van der Waals surface area contributed by atoms with Crippen LogP contribution in [0.1, 0.15) is 41.6 Å². The highest BCUT2D eigenvalue weighted by Crippen LogP contribution is 2.22. The Morgan fingerprint density at radius 3 is 2.07 bits per heavy atom. The van der Waals surface area contributed by atoms with E-state index in [9.17, 15) is 13.2 Å². The molecule has 1 fully saturated rings. The summed E-state index contributed by atoms with van der Waals surface area (Å²) in [4.78, 5) is 14.6. The van der Waals surface area contributed by atoms with Gasteiger partial charge in [0.25, 0.3) is 5.91 Å². The molecule has 27 heavy (non-hydrogen) atoms. The normalized spacial score (nSPS) is 15.2. The number of rotatable bonds is 5. The van der Waals surface area contributed by atoms with Crippen LogP contribution in [0.5, 0.6) is 0 Å². The molecule has 144 valence electrons. The van der Waals surface area contributed by atoms with Crippen LogP contribution in [-0.2, 0) is 16.6 Å². The van der Waals surface area contributed by atoms with Gasteiger partial charge < -0.3 is 4.90 Å². The molecule has 0 saturated carbocycles. The second kappa shape index (κ2) is 8.57. The van der Waals surface area contributed by atoms with E-state index in [2.05, 4.69) is 0 Å². The summed E-state index contributed by atoms with van der Waals surface area (Å²) in [5, 5.41) is 0. The number of carbonyl (C=O) groups excluding carboxylic acids is 1. The van der Waals surface area contributed by atoms with Crippen molar-refractivity contribution in [2.24, 2.45) is 0 Å². The third-order valence-electron chi connectivity index (χ3n) is 4.86. The van der Waals surface area contributed by atoms with Gasteiger partial charge in [0.1, 0.15) is 0 Å². The summed E-state index contributed by atoms with van der Waals surface area (Å²) in [5.41, 5.74) is 2.08. The Bertz CT molecular complexity index is 856. The van der Waals surface area contributed by atoms with E-state index in [-0.39, 0.29) is 12.5 Å². The molecule has 2 aromatic rings. The van der Waals surface area contributed by atoms with Gasteiger partial charge in [0.05, 0.1) is 18.5 Å². The number of benzene rings is 2. The van der Waals surface area contributed by atoms with Crippen LogP contribution in [0.4, 0.5) is 5.69 Å². The first-order valence-electron chi connectivity index (χ1n) is 9.36. The Morgan fingerprint density at radius 2 is 1.52 bits per heavy atom. The zero-order valence-corrected chi connectivity index (χ0v) is 16.5. The van der Waals surface area contributed by atoms with Crippen LogP contribution in [0.2, 0.25) is 0 Å². The van der Waals surface area contributed by atoms with Crippen LogP contribution in [0.15, 0.2) is 54.6 Å². The van der Waals surface area contributed by atoms with E-state index in [1.165, 1.54) is 23.4 Å². The van der Waals surface area contributed by atoms with E-state index in [0.29, 0.717) is 11.3 Å². The molecule has 0 spiro atoms. The van der Waals surface area contributed by atoms with E-state index in [1.54, 1.807) is 24.3 Å². The first-order chi connectivity index (χ1) is 12.9. The number of nitrogens with zero attached hydrogens (tertiary/aromatic N) is 2. The Hall–Kier alpha value is -2.34. The van der Waals surface area contributed by atoms with Crippen molar-refractivity contribution in [3.8, 4) is 0 Å². The number of sulfonamides is 1. The lowest BCUT2D eigenvalue weighted by atomic mass is 10.1. The van der Waals surface area contributed by atoms with Gasteiger partial charge in [-0.25, -0.2) is 8.42 Å². The van der Waals surface area contributed by atoms with Gasteiger partial charge in [0.2, 0.25) is 10.0 Å². The second-order valence-electron chi connectivity index (χ2n) is 7.01. The fourth-order valence-electron chi connectivity index (χ4n) is 3.38. The Kier molecular flexibility index (Phi) is 6.16. The number of hydrogen-bond acceptors (Lipinski definition) is 3. The largest absolute Gasteiger partial charge is 0.339 e. The van der Waals surface area contributed by atoms with Crippen molar-refractivity contribution in [2.75, 3.05) is 23.7 Å². The van der Waals surface area contributed by atoms with Crippen molar-refractivity contribution >= 4 is 21.6 Å². The third kappa shape index (κ3) is 5.10. The minimum Gasteiger partial charge on any atom is -0.339 e. The molecule has 2 aromatic carbocycles. The van der Waals surface area contributed by atoms with Crippen LogP contribution in [0.3, 0.4) is 0 Å². The molecule has 1 aliphatic rings. The molecule has 1 amide bonds. The minimum absolute atomic E-state index is 0.0254. The monoisotopic (exact) mass is 386 g/mol. The summed E-state index contributed by atoms with van der Waals surface area (Å²) in [6, 6.07) is 16.4. The van der Waals surface area contributed by atoms with Crippen LogP contribution >= 0.6 is 0 Å². The van der Waals surface area contributed by atoms with Crippen LogP contribution in [0, 0.1) is 0 Å². The highest BCUT2D eigenvalue weighted by molar-refractivity contribution is 7.92. The maximum absolute atomic E-state index is 12.7. The maximum atomic E-state index is 12.7. The highest BCUT2D eigenvalue weighted by Gasteiger charge is 2.20. The topological polar surface area (TPSA) is 57.7 Å². The van der Waals surface area contributed by atoms with Crippen LogP contribution in [0.25, 0.3) is 0 Å². The number of amides is 1. The predicted octanol–water partition coefficient (Wildman–Crippen LogP) is 3.67. The molecule has 0 N–H and O–H groups in total. The van der Waals surface area contributed by atoms with Crippen molar-refractivity contribution < 1.29 is 13.2 Å². The lowest BCUT2D eigenvalue weighted by Gasteiger charge is -2.24. The molecule has 1 saturated heterocycles. The Morgan fingerprint density at radius 1 is 0.926 bits per heavy atom.